The molecule has 0 fully saturated rings. The summed E-state index contributed by atoms with van der Waals surface area (Å²) in [7, 11) is 0. The van der Waals surface area contributed by atoms with Gasteiger partial charge in [0, 0.05) is 49.5 Å². The average Bonchev–Trinajstić information content (AvgIpc) is 3.85. The van der Waals surface area contributed by atoms with Crippen molar-refractivity contribution in [3.8, 4) is 67.9 Å². The molecule has 3 heterocycles. The van der Waals surface area contributed by atoms with Gasteiger partial charge in [0.15, 0.2) is 5.82 Å². The lowest BCUT2D eigenvalue weighted by Gasteiger charge is -2.15. The van der Waals surface area contributed by atoms with E-state index in [-0.39, 0.29) is 0 Å². The minimum Gasteiger partial charge on any atom is -0.455 e. The minimum atomic E-state index is 0.597. The molecule has 5 heteroatoms. The Morgan fingerprint density at radius 3 is 1.84 bits per heavy atom. The zero-order valence-corrected chi connectivity index (χ0v) is 31.2. The van der Waals surface area contributed by atoms with Crippen LogP contribution in [0.3, 0.4) is 0 Å². The maximum Gasteiger partial charge on any atom is 0.160 e. The van der Waals surface area contributed by atoms with Gasteiger partial charge in [0.05, 0.1) is 34.1 Å². The normalized spacial score (nSPS) is 11.4. The van der Waals surface area contributed by atoms with Crippen molar-refractivity contribution in [3.63, 3.8) is 0 Å². The van der Waals surface area contributed by atoms with Crippen molar-refractivity contribution in [2.45, 2.75) is 0 Å². The lowest BCUT2D eigenvalue weighted by atomic mass is 9.99. The van der Waals surface area contributed by atoms with E-state index in [0.29, 0.717) is 11.4 Å². The summed E-state index contributed by atoms with van der Waals surface area (Å²) < 4.78 is 8.85. The largest absolute Gasteiger partial charge is 0.455 e. The summed E-state index contributed by atoms with van der Waals surface area (Å²) >= 11 is 0. The molecule has 5 nitrogen and oxygen atoms in total. The molecular weight excluding hydrogens is 709 g/mol. The average molecular weight is 741 g/mol. The summed E-state index contributed by atoms with van der Waals surface area (Å²) in [6, 6.07) is 69.0. The van der Waals surface area contributed by atoms with E-state index in [2.05, 4.69) is 138 Å². The predicted molar refractivity (Wildman–Crippen MR) is 236 cm³/mol. The van der Waals surface area contributed by atoms with Crippen LogP contribution in [0.1, 0.15) is 5.56 Å². The highest BCUT2D eigenvalue weighted by atomic mass is 16.3. The van der Waals surface area contributed by atoms with Gasteiger partial charge in [0.2, 0.25) is 0 Å². The molecule has 0 N–H and O–H groups in total. The molecule has 0 atom stereocenters. The molecule has 0 unspecified atom stereocenters. The Bertz CT molecular complexity index is 3350. The van der Waals surface area contributed by atoms with Crippen molar-refractivity contribution in [1.29, 1.82) is 5.26 Å². The summed E-state index contributed by atoms with van der Waals surface area (Å²) in [5.74, 6) is 0.609. The van der Waals surface area contributed by atoms with Crippen molar-refractivity contribution in [2.24, 2.45) is 0 Å². The van der Waals surface area contributed by atoms with Crippen LogP contribution >= 0.6 is 0 Å². The van der Waals surface area contributed by atoms with E-state index in [0.717, 1.165) is 99.8 Å². The van der Waals surface area contributed by atoms with Crippen LogP contribution in [0.5, 0.6) is 0 Å². The molecule has 11 aromatic rings. The minimum absolute atomic E-state index is 0.597. The van der Waals surface area contributed by atoms with Gasteiger partial charge in [-0.05, 0) is 71.3 Å². The maximum atomic E-state index is 9.91. The van der Waals surface area contributed by atoms with Crippen LogP contribution in [0.2, 0.25) is 0 Å². The fraction of sp³-hybridized carbons (Fsp3) is 0. The molecule has 0 aliphatic rings. The van der Waals surface area contributed by atoms with Gasteiger partial charge in [-0.25, -0.2) is 9.97 Å². The Kier molecular flexibility index (Phi) is 7.80. The number of para-hydroxylation sites is 3. The molecule has 270 valence electrons. The summed E-state index contributed by atoms with van der Waals surface area (Å²) in [6.07, 6.45) is 0. The number of benzene rings is 8. The van der Waals surface area contributed by atoms with E-state index in [4.69, 9.17) is 14.4 Å². The van der Waals surface area contributed by atoms with Crippen molar-refractivity contribution in [3.05, 3.63) is 200 Å². The Labute approximate surface area is 334 Å². The fourth-order valence-electron chi connectivity index (χ4n) is 8.29. The number of aromatic nitrogens is 3. The number of hydrogen-bond donors (Lipinski definition) is 0. The Morgan fingerprint density at radius 2 is 1.07 bits per heavy atom. The van der Waals surface area contributed by atoms with Gasteiger partial charge >= 0.3 is 0 Å². The van der Waals surface area contributed by atoms with Gasteiger partial charge in [-0.15, -0.1) is 0 Å². The second-order valence-corrected chi connectivity index (χ2v) is 14.5. The maximum absolute atomic E-state index is 9.91. The van der Waals surface area contributed by atoms with Gasteiger partial charge in [-0.1, -0.05) is 140 Å². The molecule has 0 saturated heterocycles. The van der Waals surface area contributed by atoms with Crippen LogP contribution in [-0.2, 0) is 0 Å². The van der Waals surface area contributed by atoms with Gasteiger partial charge in [0.25, 0.3) is 0 Å². The van der Waals surface area contributed by atoms with E-state index in [1.807, 2.05) is 66.7 Å². The summed E-state index contributed by atoms with van der Waals surface area (Å²) in [5, 5.41) is 14.4. The highest BCUT2D eigenvalue weighted by molar-refractivity contribution is 6.13. The Balaban J connectivity index is 1.18. The van der Waals surface area contributed by atoms with Crippen LogP contribution < -0.4 is 0 Å². The van der Waals surface area contributed by atoms with Crippen molar-refractivity contribution >= 4 is 43.7 Å². The van der Waals surface area contributed by atoms with Crippen LogP contribution in [0, 0.1) is 11.3 Å². The first kappa shape index (κ1) is 33.3. The number of rotatable bonds is 6. The highest BCUT2D eigenvalue weighted by Crippen LogP contribution is 2.41. The van der Waals surface area contributed by atoms with E-state index in [1.165, 1.54) is 0 Å². The molecule has 8 aromatic carbocycles. The molecule has 0 aliphatic carbocycles. The number of nitrogens with zero attached hydrogens (tertiary/aromatic N) is 4. The zero-order valence-electron chi connectivity index (χ0n) is 31.2. The predicted octanol–water partition coefficient (Wildman–Crippen LogP) is 13.7. The van der Waals surface area contributed by atoms with Crippen molar-refractivity contribution in [2.75, 3.05) is 0 Å². The first-order valence-electron chi connectivity index (χ1n) is 19.3. The summed E-state index contributed by atoms with van der Waals surface area (Å²) in [5.41, 5.74) is 14.0. The third-order valence-electron chi connectivity index (χ3n) is 11.0. The summed E-state index contributed by atoms with van der Waals surface area (Å²) in [4.78, 5) is 10.5. The molecule has 0 saturated carbocycles. The lowest BCUT2D eigenvalue weighted by molar-refractivity contribution is 0.670. The molecule has 3 aromatic heterocycles. The summed E-state index contributed by atoms with van der Waals surface area (Å²) in [6.45, 7) is 0. The molecule has 11 rings (SSSR count). The smallest absolute Gasteiger partial charge is 0.160 e. The van der Waals surface area contributed by atoms with E-state index < -0.39 is 0 Å². The van der Waals surface area contributed by atoms with Gasteiger partial charge in [-0.3, -0.25) is 0 Å². The van der Waals surface area contributed by atoms with Gasteiger partial charge in [0.1, 0.15) is 11.2 Å². The number of nitriles is 1. The Morgan fingerprint density at radius 1 is 0.431 bits per heavy atom. The van der Waals surface area contributed by atoms with Crippen LogP contribution in [-0.4, -0.2) is 14.5 Å². The third-order valence-corrected chi connectivity index (χ3v) is 11.0. The third kappa shape index (κ3) is 5.63. The Hall–Kier alpha value is -8.07. The molecule has 0 radical (unpaired) electrons. The monoisotopic (exact) mass is 740 g/mol. The molecule has 0 bridgehead atoms. The SMILES string of the molecule is N#Cc1cccc(-c2cc(-c3nc(-c4ccccc4)cc(-c4ccccc4)n3)cc(-n3c4ccccc4c4ccc(-c5cccc6c5oc5ccccc56)cc43)c2)c1. The fourth-order valence-corrected chi connectivity index (χ4v) is 8.29. The van der Waals surface area contributed by atoms with Crippen molar-refractivity contribution < 1.29 is 4.42 Å². The van der Waals surface area contributed by atoms with Crippen LogP contribution in [0.25, 0.3) is 106 Å². The van der Waals surface area contributed by atoms with E-state index in [1.54, 1.807) is 0 Å². The molecule has 0 spiro atoms. The van der Waals surface area contributed by atoms with Gasteiger partial charge in [-0.2, -0.15) is 5.26 Å². The number of hydrogen-bond acceptors (Lipinski definition) is 4. The first-order chi connectivity index (χ1) is 28.7. The number of furan rings is 1. The molecular formula is C53H32N4O. The topological polar surface area (TPSA) is 67.6 Å². The zero-order chi connectivity index (χ0) is 38.6. The van der Waals surface area contributed by atoms with E-state index >= 15 is 0 Å². The molecule has 0 amide bonds. The molecule has 58 heavy (non-hydrogen) atoms. The quantitative estimate of drug-likeness (QED) is 0.170. The van der Waals surface area contributed by atoms with Crippen LogP contribution in [0.4, 0.5) is 0 Å². The first-order valence-corrected chi connectivity index (χ1v) is 19.3. The van der Waals surface area contributed by atoms with E-state index in [9.17, 15) is 5.26 Å². The molecule has 0 aliphatic heterocycles. The second-order valence-electron chi connectivity index (χ2n) is 14.5. The van der Waals surface area contributed by atoms with Crippen molar-refractivity contribution in [1.82, 2.24) is 14.5 Å². The highest BCUT2D eigenvalue weighted by Gasteiger charge is 2.19. The van der Waals surface area contributed by atoms with Gasteiger partial charge < -0.3 is 8.98 Å². The number of fused-ring (bicyclic) bond motifs is 6. The second kappa shape index (κ2) is 13.6. The van der Waals surface area contributed by atoms with Crippen LogP contribution in [0.15, 0.2) is 199 Å². The lowest BCUT2D eigenvalue weighted by Crippen LogP contribution is -1.99. The standard InChI is InChI=1S/C53H32N4O/c54-33-34-13-11-18-37(27-34)39-28-40(53-55-47(35-14-3-1-4-15-35)32-48(56-53)36-16-5-2-6-17-36)30-41(29-39)57-49-23-9-7-19-43(49)44-26-25-38(31-50(44)57)42-21-12-22-46-45-20-8-10-24-51(45)58-52(42)46/h1-32H.